The average molecular weight is 287 g/mol. The highest BCUT2D eigenvalue weighted by Gasteiger charge is 1.99. The molecule has 4 heteroatoms. The van der Waals surface area contributed by atoms with Crippen LogP contribution < -0.4 is 0 Å². The summed E-state index contributed by atoms with van der Waals surface area (Å²) in [7, 11) is 1.44. The van der Waals surface area contributed by atoms with Gasteiger partial charge in [0.1, 0.15) is 0 Å². The predicted molar refractivity (Wildman–Crippen MR) is 77.3 cm³/mol. The molecule has 0 heterocycles. The van der Waals surface area contributed by atoms with Crippen LogP contribution in [0.5, 0.6) is 0 Å². The molecule has 100 valence electrons. The van der Waals surface area contributed by atoms with Crippen molar-refractivity contribution in [3.63, 3.8) is 0 Å². The standard InChI is InChI=1S/C14H19ClO2S/c1-17-14(16)6-4-2-3-5-11-18-13-9-7-12(15)8-10-13/h7-10H,2-6,11H2,1H3. The summed E-state index contributed by atoms with van der Waals surface area (Å²) in [5, 5.41) is 0.780. The molecule has 1 aromatic rings. The molecule has 0 amide bonds. The molecule has 0 spiro atoms. The van der Waals surface area contributed by atoms with E-state index in [1.54, 1.807) is 0 Å². The summed E-state index contributed by atoms with van der Waals surface area (Å²) in [4.78, 5) is 12.1. The number of halogens is 1. The molecule has 18 heavy (non-hydrogen) atoms. The first-order valence-corrected chi connectivity index (χ1v) is 7.54. The third-order valence-corrected chi connectivity index (χ3v) is 3.94. The van der Waals surface area contributed by atoms with E-state index in [2.05, 4.69) is 4.74 Å². The molecule has 0 unspecified atom stereocenters. The normalized spacial score (nSPS) is 10.3. The van der Waals surface area contributed by atoms with Crippen LogP contribution in [-0.4, -0.2) is 18.8 Å². The lowest BCUT2D eigenvalue weighted by Gasteiger charge is -2.02. The Hall–Kier alpha value is -0.670. The Morgan fingerprint density at radius 2 is 1.83 bits per heavy atom. The van der Waals surface area contributed by atoms with Gasteiger partial charge in [0, 0.05) is 16.3 Å². The maximum atomic E-state index is 10.9. The summed E-state index contributed by atoms with van der Waals surface area (Å²) >= 11 is 7.67. The van der Waals surface area contributed by atoms with Crippen molar-refractivity contribution >= 4 is 29.3 Å². The quantitative estimate of drug-likeness (QED) is 0.398. The first-order valence-electron chi connectivity index (χ1n) is 6.17. The Morgan fingerprint density at radius 3 is 2.50 bits per heavy atom. The SMILES string of the molecule is COC(=O)CCCCCCSc1ccc(Cl)cc1. The minimum absolute atomic E-state index is 0.106. The molecule has 0 saturated carbocycles. The molecule has 1 aromatic carbocycles. The zero-order valence-electron chi connectivity index (χ0n) is 10.7. The second-order valence-electron chi connectivity index (χ2n) is 4.04. The molecule has 0 radical (unpaired) electrons. The smallest absolute Gasteiger partial charge is 0.305 e. The van der Waals surface area contributed by atoms with Crippen LogP contribution in [0.1, 0.15) is 32.1 Å². The van der Waals surface area contributed by atoms with Crippen LogP contribution in [0.2, 0.25) is 5.02 Å². The first kappa shape index (κ1) is 15.4. The van der Waals surface area contributed by atoms with Gasteiger partial charge in [0.25, 0.3) is 0 Å². The highest BCUT2D eigenvalue weighted by atomic mass is 35.5. The topological polar surface area (TPSA) is 26.3 Å². The molecule has 0 atom stereocenters. The fourth-order valence-corrected chi connectivity index (χ4v) is 2.59. The lowest BCUT2D eigenvalue weighted by atomic mass is 10.1. The molecule has 0 aliphatic rings. The number of carbonyl (C=O) groups excluding carboxylic acids is 1. The molecule has 0 N–H and O–H groups in total. The second kappa shape index (κ2) is 9.29. The van der Waals surface area contributed by atoms with Gasteiger partial charge in [-0.1, -0.05) is 24.4 Å². The van der Waals surface area contributed by atoms with Gasteiger partial charge in [-0.15, -0.1) is 11.8 Å². The van der Waals surface area contributed by atoms with Crippen molar-refractivity contribution in [2.24, 2.45) is 0 Å². The van der Waals surface area contributed by atoms with Crippen LogP contribution in [0.3, 0.4) is 0 Å². The number of carbonyl (C=O) groups is 1. The van der Waals surface area contributed by atoms with E-state index in [0.717, 1.165) is 30.0 Å². The second-order valence-corrected chi connectivity index (χ2v) is 5.65. The summed E-state index contributed by atoms with van der Waals surface area (Å²) in [6, 6.07) is 7.93. The molecular formula is C14H19ClO2S. The molecule has 1 rings (SSSR count). The first-order chi connectivity index (χ1) is 8.72. The van der Waals surface area contributed by atoms with Crippen molar-refractivity contribution in [1.29, 1.82) is 0 Å². The predicted octanol–water partition coefficient (Wildman–Crippen LogP) is 4.56. The highest BCUT2D eigenvalue weighted by molar-refractivity contribution is 7.99. The molecular weight excluding hydrogens is 268 g/mol. The Bertz CT molecular complexity index is 351. The van der Waals surface area contributed by atoms with Crippen LogP contribution in [0, 0.1) is 0 Å². The van der Waals surface area contributed by atoms with Gasteiger partial charge >= 0.3 is 5.97 Å². The number of rotatable bonds is 8. The lowest BCUT2D eigenvalue weighted by Crippen LogP contribution is -1.99. The molecule has 0 bridgehead atoms. The van der Waals surface area contributed by atoms with E-state index in [-0.39, 0.29) is 5.97 Å². The van der Waals surface area contributed by atoms with Crippen molar-refractivity contribution in [2.75, 3.05) is 12.9 Å². The van der Waals surface area contributed by atoms with E-state index in [4.69, 9.17) is 11.6 Å². The zero-order valence-corrected chi connectivity index (χ0v) is 12.2. The summed E-state index contributed by atoms with van der Waals surface area (Å²) in [6.07, 6.45) is 4.90. The summed E-state index contributed by atoms with van der Waals surface area (Å²) in [5.41, 5.74) is 0. The molecule has 0 saturated heterocycles. The number of ether oxygens (including phenoxy) is 1. The van der Waals surface area contributed by atoms with Gasteiger partial charge in [-0.3, -0.25) is 4.79 Å². The van der Waals surface area contributed by atoms with Crippen LogP contribution in [0.25, 0.3) is 0 Å². The third kappa shape index (κ3) is 6.92. The van der Waals surface area contributed by atoms with E-state index in [0.29, 0.717) is 6.42 Å². The van der Waals surface area contributed by atoms with Crippen LogP contribution in [-0.2, 0) is 9.53 Å². The third-order valence-electron chi connectivity index (χ3n) is 2.59. The van der Waals surface area contributed by atoms with Gasteiger partial charge in [-0.2, -0.15) is 0 Å². The minimum Gasteiger partial charge on any atom is -0.469 e. The van der Waals surface area contributed by atoms with E-state index in [1.807, 2.05) is 36.0 Å². The van der Waals surface area contributed by atoms with Crippen LogP contribution in [0.15, 0.2) is 29.2 Å². The number of esters is 1. The average Bonchev–Trinajstić information content (AvgIpc) is 2.39. The molecule has 0 fully saturated rings. The van der Waals surface area contributed by atoms with Gasteiger partial charge in [0.2, 0.25) is 0 Å². The summed E-state index contributed by atoms with van der Waals surface area (Å²) in [5.74, 6) is 1.00. The lowest BCUT2D eigenvalue weighted by molar-refractivity contribution is -0.140. The van der Waals surface area contributed by atoms with Gasteiger partial charge < -0.3 is 4.74 Å². The Labute approximate surface area is 118 Å². The van der Waals surface area contributed by atoms with Gasteiger partial charge in [-0.25, -0.2) is 0 Å². The number of unbranched alkanes of at least 4 members (excludes halogenated alkanes) is 3. The van der Waals surface area contributed by atoms with Crippen LogP contribution >= 0.6 is 23.4 Å². The van der Waals surface area contributed by atoms with Crippen molar-refractivity contribution in [3.8, 4) is 0 Å². The van der Waals surface area contributed by atoms with Gasteiger partial charge in [0.05, 0.1) is 7.11 Å². The Kier molecular flexibility index (Phi) is 7.94. The van der Waals surface area contributed by atoms with E-state index in [1.165, 1.54) is 18.4 Å². The zero-order chi connectivity index (χ0) is 13.2. The van der Waals surface area contributed by atoms with Crippen molar-refractivity contribution in [3.05, 3.63) is 29.3 Å². The molecule has 0 aliphatic heterocycles. The number of thioether (sulfide) groups is 1. The summed E-state index contributed by atoms with van der Waals surface area (Å²) < 4.78 is 4.59. The largest absolute Gasteiger partial charge is 0.469 e. The van der Waals surface area contributed by atoms with Crippen molar-refractivity contribution < 1.29 is 9.53 Å². The maximum absolute atomic E-state index is 10.9. The highest BCUT2D eigenvalue weighted by Crippen LogP contribution is 2.21. The number of methoxy groups -OCH3 is 1. The van der Waals surface area contributed by atoms with E-state index >= 15 is 0 Å². The molecule has 0 aromatic heterocycles. The monoisotopic (exact) mass is 286 g/mol. The number of benzene rings is 1. The Balaban J connectivity index is 1.99. The summed E-state index contributed by atoms with van der Waals surface area (Å²) in [6.45, 7) is 0. The maximum Gasteiger partial charge on any atom is 0.305 e. The van der Waals surface area contributed by atoms with Crippen molar-refractivity contribution in [1.82, 2.24) is 0 Å². The van der Waals surface area contributed by atoms with Crippen LogP contribution in [0.4, 0.5) is 0 Å². The minimum atomic E-state index is -0.106. The molecule has 2 nitrogen and oxygen atoms in total. The Morgan fingerprint density at radius 1 is 1.17 bits per heavy atom. The fraction of sp³-hybridized carbons (Fsp3) is 0.500. The van der Waals surface area contributed by atoms with Gasteiger partial charge in [0.15, 0.2) is 0 Å². The van der Waals surface area contributed by atoms with E-state index in [9.17, 15) is 4.79 Å². The van der Waals surface area contributed by atoms with Crippen molar-refractivity contribution in [2.45, 2.75) is 37.0 Å². The number of hydrogen-bond donors (Lipinski definition) is 0. The number of hydrogen-bond acceptors (Lipinski definition) is 3. The van der Waals surface area contributed by atoms with E-state index < -0.39 is 0 Å². The molecule has 0 aliphatic carbocycles. The van der Waals surface area contributed by atoms with Gasteiger partial charge in [-0.05, 0) is 42.9 Å². The fourth-order valence-electron chi connectivity index (χ4n) is 1.55.